The van der Waals surface area contributed by atoms with Gasteiger partial charge in [-0.25, -0.2) is 12.7 Å². The molecule has 1 unspecified atom stereocenters. The van der Waals surface area contributed by atoms with Crippen molar-refractivity contribution < 1.29 is 27.4 Å². The van der Waals surface area contributed by atoms with Gasteiger partial charge in [-0.1, -0.05) is 13.0 Å². The van der Waals surface area contributed by atoms with E-state index in [1.165, 1.54) is 26.2 Å². The second-order valence-electron chi connectivity index (χ2n) is 6.59. The van der Waals surface area contributed by atoms with E-state index >= 15 is 0 Å². The van der Waals surface area contributed by atoms with Gasteiger partial charge in [0.2, 0.25) is 10.0 Å². The van der Waals surface area contributed by atoms with Gasteiger partial charge in [-0.3, -0.25) is 4.79 Å². The minimum atomic E-state index is -3.47. The smallest absolute Gasteiger partial charge is 0.261 e. The van der Waals surface area contributed by atoms with E-state index < -0.39 is 16.1 Å². The number of sulfonamides is 1. The minimum Gasteiger partial charge on any atom is -0.497 e. The number of ether oxygens (including phenoxy) is 3. The molecule has 30 heavy (non-hydrogen) atoms. The van der Waals surface area contributed by atoms with E-state index in [4.69, 9.17) is 14.2 Å². The lowest BCUT2D eigenvalue weighted by Gasteiger charge is -2.18. The van der Waals surface area contributed by atoms with E-state index in [-0.39, 0.29) is 24.0 Å². The number of nitrogens with one attached hydrogen (secondary N) is 1. The molecule has 0 heterocycles. The number of rotatable bonds is 11. The number of nitrogens with zero attached hydrogens (tertiary/aromatic N) is 1. The van der Waals surface area contributed by atoms with Crippen molar-refractivity contribution in [2.75, 3.05) is 34.4 Å². The highest BCUT2D eigenvalue weighted by atomic mass is 32.2. The molecule has 0 saturated heterocycles. The highest BCUT2D eigenvalue weighted by molar-refractivity contribution is 7.89. The van der Waals surface area contributed by atoms with E-state index in [1.807, 2.05) is 6.92 Å². The van der Waals surface area contributed by atoms with E-state index in [2.05, 4.69) is 5.32 Å². The van der Waals surface area contributed by atoms with E-state index in [9.17, 15) is 13.2 Å². The van der Waals surface area contributed by atoms with Crippen LogP contribution >= 0.6 is 0 Å². The molecule has 0 aliphatic rings. The molecule has 2 aromatic rings. The Hall–Kier alpha value is -2.78. The molecule has 0 fully saturated rings. The molecule has 1 N–H and O–H groups in total. The summed E-state index contributed by atoms with van der Waals surface area (Å²) >= 11 is 0. The van der Waals surface area contributed by atoms with E-state index in [1.54, 1.807) is 43.5 Å². The third-order valence-electron chi connectivity index (χ3n) is 4.26. The number of methoxy groups -OCH3 is 1. The molecule has 0 aromatic heterocycles. The number of carbonyl (C=O) groups excluding carboxylic acids is 1. The number of carbonyl (C=O) groups is 1. The van der Waals surface area contributed by atoms with Crippen molar-refractivity contribution in [3.63, 3.8) is 0 Å². The first-order valence-electron chi connectivity index (χ1n) is 9.51. The van der Waals surface area contributed by atoms with Crippen LogP contribution in [0.5, 0.6) is 17.2 Å². The van der Waals surface area contributed by atoms with Crippen LogP contribution in [0.3, 0.4) is 0 Å². The second-order valence-corrected chi connectivity index (χ2v) is 8.74. The first kappa shape index (κ1) is 23.5. The number of amides is 1. The van der Waals surface area contributed by atoms with Gasteiger partial charge in [0, 0.05) is 20.2 Å². The Kier molecular flexibility index (Phi) is 8.49. The van der Waals surface area contributed by atoms with Crippen molar-refractivity contribution in [2.24, 2.45) is 0 Å². The summed E-state index contributed by atoms with van der Waals surface area (Å²) < 4.78 is 41.7. The monoisotopic (exact) mass is 436 g/mol. The average Bonchev–Trinajstić information content (AvgIpc) is 2.75. The van der Waals surface area contributed by atoms with Gasteiger partial charge in [-0.2, -0.15) is 0 Å². The Morgan fingerprint density at radius 3 is 2.33 bits per heavy atom. The van der Waals surface area contributed by atoms with Crippen LogP contribution < -0.4 is 19.5 Å². The van der Waals surface area contributed by atoms with Crippen LogP contribution in [0.15, 0.2) is 53.4 Å². The summed E-state index contributed by atoms with van der Waals surface area (Å²) in [7, 11) is 1.05. The lowest BCUT2D eigenvalue weighted by molar-refractivity contribution is -0.128. The van der Waals surface area contributed by atoms with Gasteiger partial charge in [0.05, 0.1) is 18.6 Å². The Morgan fingerprint density at radius 1 is 1.07 bits per heavy atom. The van der Waals surface area contributed by atoms with Crippen molar-refractivity contribution in [2.45, 2.75) is 24.3 Å². The first-order valence-corrected chi connectivity index (χ1v) is 11.0. The molecule has 0 spiro atoms. The fourth-order valence-electron chi connectivity index (χ4n) is 2.54. The molecule has 1 atom stereocenters. The summed E-state index contributed by atoms with van der Waals surface area (Å²) in [6.07, 6.45) is -0.126. The van der Waals surface area contributed by atoms with Gasteiger partial charge in [-0.15, -0.1) is 0 Å². The second kappa shape index (κ2) is 10.8. The topological polar surface area (TPSA) is 94.2 Å². The summed E-state index contributed by atoms with van der Waals surface area (Å²) in [6.45, 7) is 2.39. The predicted octanol–water partition coefficient (Wildman–Crippen LogP) is 2.30. The zero-order valence-corrected chi connectivity index (χ0v) is 18.4. The molecule has 0 aliphatic heterocycles. The van der Waals surface area contributed by atoms with Crippen LogP contribution in [-0.2, 0) is 14.8 Å². The molecule has 0 saturated carbocycles. The highest BCUT2D eigenvalue weighted by Crippen LogP contribution is 2.21. The van der Waals surface area contributed by atoms with Crippen molar-refractivity contribution >= 4 is 15.9 Å². The molecule has 2 rings (SSSR count). The molecule has 1 amide bonds. The van der Waals surface area contributed by atoms with Crippen molar-refractivity contribution in [1.29, 1.82) is 0 Å². The fraction of sp³-hybridized carbons (Fsp3) is 0.381. The van der Waals surface area contributed by atoms with Crippen LogP contribution in [0.1, 0.15) is 13.3 Å². The van der Waals surface area contributed by atoms with Crippen LogP contribution in [0.2, 0.25) is 0 Å². The summed E-state index contributed by atoms with van der Waals surface area (Å²) in [4.78, 5) is 12.6. The lowest BCUT2D eigenvalue weighted by Crippen LogP contribution is -2.39. The maximum absolute atomic E-state index is 12.4. The average molecular weight is 437 g/mol. The number of benzene rings is 2. The predicted molar refractivity (Wildman–Crippen MR) is 114 cm³/mol. The summed E-state index contributed by atoms with van der Waals surface area (Å²) in [6, 6.07) is 13.2. The third kappa shape index (κ3) is 6.36. The van der Waals surface area contributed by atoms with Crippen LogP contribution in [0.25, 0.3) is 0 Å². The summed E-state index contributed by atoms with van der Waals surface area (Å²) in [5.74, 6) is 1.49. The molecule has 2 aromatic carbocycles. The standard InChI is InChI=1S/C21H28N2O6S/c1-5-20(29-18-8-6-7-17(15-18)27-4)21(24)22-13-14-28-16-9-11-19(12-10-16)30(25,26)23(2)3/h6-12,15,20H,5,13-14H2,1-4H3,(H,22,24). The zero-order chi connectivity index (χ0) is 22.1. The molecule has 0 bridgehead atoms. The van der Waals surface area contributed by atoms with Crippen molar-refractivity contribution in [1.82, 2.24) is 9.62 Å². The zero-order valence-electron chi connectivity index (χ0n) is 17.6. The Labute approximate surface area is 177 Å². The maximum Gasteiger partial charge on any atom is 0.261 e. The fourth-order valence-corrected chi connectivity index (χ4v) is 3.44. The van der Waals surface area contributed by atoms with Crippen molar-refractivity contribution in [3.8, 4) is 17.2 Å². The molecule has 0 radical (unpaired) electrons. The molecule has 164 valence electrons. The van der Waals surface area contributed by atoms with Crippen LogP contribution in [-0.4, -0.2) is 59.1 Å². The Balaban J connectivity index is 1.81. The normalized spacial score (nSPS) is 12.3. The van der Waals surface area contributed by atoms with Crippen LogP contribution in [0.4, 0.5) is 0 Å². The van der Waals surface area contributed by atoms with Gasteiger partial charge >= 0.3 is 0 Å². The SMILES string of the molecule is CCC(Oc1cccc(OC)c1)C(=O)NCCOc1ccc(S(=O)(=O)N(C)C)cc1. The van der Waals surface area contributed by atoms with Gasteiger partial charge < -0.3 is 19.5 Å². The van der Waals surface area contributed by atoms with Gasteiger partial charge in [0.25, 0.3) is 5.91 Å². The van der Waals surface area contributed by atoms with Gasteiger partial charge in [0.15, 0.2) is 6.10 Å². The number of hydrogen-bond donors (Lipinski definition) is 1. The lowest BCUT2D eigenvalue weighted by atomic mass is 10.2. The number of hydrogen-bond acceptors (Lipinski definition) is 6. The highest BCUT2D eigenvalue weighted by Gasteiger charge is 2.19. The van der Waals surface area contributed by atoms with Gasteiger partial charge in [-0.05, 0) is 42.8 Å². The quantitative estimate of drug-likeness (QED) is 0.543. The first-order chi connectivity index (χ1) is 14.3. The molecular weight excluding hydrogens is 408 g/mol. The Morgan fingerprint density at radius 2 is 1.73 bits per heavy atom. The van der Waals surface area contributed by atoms with E-state index in [0.29, 0.717) is 23.7 Å². The largest absolute Gasteiger partial charge is 0.497 e. The summed E-state index contributed by atoms with van der Waals surface area (Å²) in [5.41, 5.74) is 0. The summed E-state index contributed by atoms with van der Waals surface area (Å²) in [5, 5.41) is 2.78. The Bertz CT molecular complexity index is 929. The minimum absolute atomic E-state index is 0.189. The maximum atomic E-state index is 12.4. The molecule has 9 heteroatoms. The third-order valence-corrected chi connectivity index (χ3v) is 6.08. The van der Waals surface area contributed by atoms with Crippen LogP contribution in [0, 0.1) is 0 Å². The van der Waals surface area contributed by atoms with Crippen molar-refractivity contribution in [3.05, 3.63) is 48.5 Å². The molecule has 8 nitrogen and oxygen atoms in total. The molecular formula is C21H28N2O6S. The van der Waals surface area contributed by atoms with E-state index in [0.717, 1.165) is 4.31 Å². The molecule has 0 aliphatic carbocycles. The van der Waals surface area contributed by atoms with Gasteiger partial charge in [0.1, 0.15) is 23.9 Å².